The molecule has 0 spiro atoms. The van der Waals surface area contributed by atoms with Crippen molar-refractivity contribution >= 4 is 11.3 Å². The SMILES string of the molecule is Cc1cc2nnc(-c3cc(N)ccc3F)n2cn1. The quantitative estimate of drug-likeness (QED) is 0.662. The molecule has 3 rings (SSSR count). The molecule has 0 amide bonds. The van der Waals surface area contributed by atoms with Crippen molar-refractivity contribution in [2.45, 2.75) is 6.92 Å². The van der Waals surface area contributed by atoms with E-state index < -0.39 is 0 Å². The minimum absolute atomic E-state index is 0.313. The van der Waals surface area contributed by atoms with Crippen LogP contribution in [0.15, 0.2) is 30.6 Å². The standard InChI is InChI=1S/C12H10FN5/c1-7-4-11-16-17-12(18(11)6-15-7)9-5-8(14)2-3-10(9)13/h2-6H,14H2,1H3. The fraction of sp³-hybridized carbons (Fsp3) is 0.0833. The highest BCUT2D eigenvalue weighted by molar-refractivity contribution is 5.64. The summed E-state index contributed by atoms with van der Waals surface area (Å²) in [5, 5.41) is 7.98. The van der Waals surface area contributed by atoms with Gasteiger partial charge in [0.05, 0.1) is 5.56 Å². The predicted molar refractivity (Wildman–Crippen MR) is 65.3 cm³/mol. The third-order valence-electron chi connectivity index (χ3n) is 2.67. The Balaban J connectivity index is 2.28. The van der Waals surface area contributed by atoms with Crippen LogP contribution in [-0.2, 0) is 0 Å². The van der Waals surface area contributed by atoms with E-state index >= 15 is 0 Å². The summed E-state index contributed by atoms with van der Waals surface area (Å²) < 4.78 is 15.4. The van der Waals surface area contributed by atoms with Gasteiger partial charge >= 0.3 is 0 Å². The van der Waals surface area contributed by atoms with Crippen molar-refractivity contribution in [2.24, 2.45) is 0 Å². The lowest BCUT2D eigenvalue weighted by atomic mass is 10.2. The van der Waals surface area contributed by atoms with E-state index in [0.717, 1.165) is 5.69 Å². The summed E-state index contributed by atoms with van der Waals surface area (Å²) in [4.78, 5) is 4.15. The molecule has 90 valence electrons. The normalized spacial score (nSPS) is 11.0. The van der Waals surface area contributed by atoms with E-state index in [1.807, 2.05) is 6.92 Å². The second-order valence-corrected chi connectivity index (χ2v) is 4.02. The summed E-state index contributed by atoms with van der Waals surface area (Å²) >= 11 is 0. The molecule has 0 aliphatic carbocycles. The number of fused-ring (bicyclic) bond motifs is 1. The van der Waals surface area contributed by atoms with Crippen LogP contribution in [0.2, 0.25) is 0 Å². The first-order valence-electron chi connectivity index (χ1n) is 5.38. The molecule has 2 heterocycles. The zero-order valence-electron chi connectivity index (χ0n) is 9.63. The van der Waals surface area contributed by atoms with E-state index in [-0.39, 0.29) is 5.82 Å². The van der Waals surface area contributed by atoms with Crippen molar-refractivity contribution in [1.29, 1.82) is 0 Å². The van der Waals surface area contributed by atoms with Gasteiger partial charge in [-0.2, -0.15) is 0 Å². The molecule has 18 heavy (non-hydrogen) atoms. The van der Waals surface area contributed by atoms with Gasteiger partial charge in [-0.3, -0.25) is 4.40 Å². The van der Waals surface area contributed by atoms with Gasteiger partial charge in [0.2, 0.25) is 0 Å². The Morgan fingerprint density at radius 3 is 2.89 bits per heavy atom. The number of halogens is 1. The second-order valence-electron chi connectivity index (χ2n) is 4.02. The average Bonchev–Trinajstić information content (AvgIpc) is 2.75. The Kier molecular flexibility index (Phi) is 2.22. The van der Waals surface area contributed by atoms with Crippen molar-refractivity contribution in [3.05, 3.63) is 42.1 Å². The molecule has 1 aromatic carbocycles. The first-order valence-corrected chi connectivity index (χ1v) is 5.38. The predicted octanol–water partition coefficient (Wildman–Crippen LogP) is 1.82. The molecule has 5 nitrogen and oxygen atoms in total. The second kappa shape index (κ2) is 3.76. The van der Waals surface area contributed by atoms with Crippen LogP contribution < -0.4 is 5.73 Å². The highest BCUT2D eigenvalue weighted by Gasteiger charge is 2.13. The van der Waals surface area contributed by atoms with Crippen LogP contribution in [0.25, 0.3) is 17.0 Å². The average molecular weight is 243 g/mol. The molecular weight excluding hydrogens is 233 g/mol. The molecule has 2 N–H and O–H groups in total. The molecule has 0 radical (unpaired) electrons. The number of nitrogens with zero attached hydrogens (tertiary/aromatic N) is 4. The van der Waals surface area contributed by atoms with E-state index in [2.05, 4.69) is 15.2 Å². The van der Waals surface area contributed by atoms with Crippen molar-refractivity contribution in [3.8, 4) is 11.4 Å². The Hall–Kier alpha value is -2.50. The van der Waals surface area contributed by atoms with Gasteiger partial charge < -0.3 is 5.73 Å². The van der Waals surface area contributed by atoms with E-state index in [9.17, 15) is 4.39 Å². The number of benzene rings is 1. The lowest BCUT2D eigenvalue weighted by Crippen LogP contribution is -1.96. The zero-order chi connectivity index (χ0) is 12.7. The van der Waals surface area contributed by atoms with E-state index in [1.54, 1.807) is 16.8 Å². The molecule has 0 saturated heterocycles. The Labute approximate surface area is 102 Å². The summed E-state index contributed by atoms with van der Waals surface area (Å²) in [6.45, 7) is 1.86. The molecule has 6 heteroatoms. The first-order chi connectivity index (χ1) is 8.65. The number of hydrogen-bond acceptors (Lipinski definition) is 4. The number of anilines is 1. The Bertz CT molecular complexity index is 734. The maximum absolute atomic E-state index is 13.8. The lowest BCUT2D eigenvalue weighted by molar-refractivity contribution is 0.630. The minimum Gasteiger partial charge on any atom is -0.399 e. The van der Waals surface area contributed by atoms with Crippen molar-refractivity contribution in [3.63, 3.8) is 0 Å². The third-order valence-corrected chi connectivity index (χ3v) is 2.67. The molecular formula is C12H10FN5. The first kappa shape index (κ1) is 10.6. The molecule has 0 fully saturated rings. The zero-order valence-corrected chi connectivity index (χ0v) is 9.63. The van der Waals surface area contributed by atoms with Crippen LogP contribution >= 0.6 is 0 Å². The van der Waals surface area contributed by atoms with Crippen molar-refractivity contribution in [2.75, 3.05) is 5.73 Å². The molecule has 2 aromatic heterocycles. The van der Waals surface area contributed by atoms with E-state index in [0.29, 0.717) is 22.7 Å². The number of nitrogen functional groups attached to an aromatic ring is 1. The number of aryl methyl sites for hydroxylation is 1. The fourth-order valence-electron chi connectivity index (χ4n) is 1.79. The van der Waals surface area contributed by atoms with Gasteiger partial charge in [-0.05, 0) is 25.1 Å². The van der Waals surface area contributed by atoms with Crippen LogP contribution in [0, 0.1) is 12.7 Å². The Morgan fingerprint density at radius 1 is 1.22 bits per heavy atom. The van der Waals surface area contributed by atoms with Gasteiger partial charge in [0.15, 0.2) is 11.5 Å². The van der Waals surface area contributed by atoms with Crippen LogP contribution in [-0.4, -0.2) is 19.6 Å². The fourth-order valence-corrected chi connectivity index (χ4v) is 1.79. The van der Waals surface area contributed by atoms with Crippen LogP contribution in [0.1, 0.15) is 5.69 Å². The molecule has 0 aliphatic heterocycles. The third kappa shape index (κ3) is 1.58. The van der Waals surface area contributed by atoms with Crippen LogP contribution in [0.5, 0.6) is 0 Å². The Morgan fingerprint density at radius 2 is 2.06 bits per heavy atom. The topological polar surface area (TPSA) is 69.1 Å². The van der Waals surface area contributed by atoms with Gasteiger partial charge in [0.1, 0.15) is 12.1 Å². The van der Waals surface area contributed by atoms with E-state index in [4.69, 9.17) is 5.73 Å². The molecule has 0 unspecified atom stereocenters. The minimum atomic E-state index is -0.390. The molecule has 0 aliphatic rings. The number of nitrogens with two attached hydrogens (primary N) is 1. The maximum atomic E-state index is 13.8. The maximum Gasteiger partial charge on any atom is 0.172 e. The van der Waals surface area contributed by atoms with Gasteiger partial charge in [-0.25, -0.2) is 9.37 Å². The monoisotopic (exact) mass is 243 g/mol. The number of rotatable bonds is 1. The van der Waals surface area contributed by atoms with Crippen LogP contribution in [0.3, 0.4) is 0 Å². The number of aromatic nitrogens is 4. The molecule has 0 saturated carbocycles. The summed E-state index contributed by atoms with van der Waals surface area (Å²) in [6.07, 6.45) is 1.57. The number of hydrogen-bond donors (Lipinski definition) is 1. The summed E-state index contributed by atoms with van der Waals surface area (Å²) in [5.74, 6) is 0.00127. The van der Waals surface area contributed by atoms with Gasteiger partial charge in [-0.15, -0.1) is 10.2 Å². The van der Waals surface area contributed by atoms with Crippen molar-refractivity contribution in [1.82, 2.24) is 19.6 Å². The smallest absolute Gasteiger partial charge is 0.172 e. The molecule has 3 aromatic rings. The van der Waals surface area contributed by atoms with Crippen molar-refractivity contribution < 1.29 is 4.39 Å². The lowest BCUT2D eigenvalue weighted by Gasteiger charge is -2.03. The largest absolute Gasteiger partial charge is 0.399 e. The summed E-state index contributed by atoms with van der Waals surface area (Å²) in [6, 6.07) is 6.13. The van der Waals surface area contributed by atoms with Gasteiger partial charge in [0.25, 0.3) is 0 Å². The van der Waals surface area contributed by atoms with Gasteiger partial charge in [-0.1, -0.05) is 0 Å². The highest BCUT2D eigenvalue weighted by atomic mass is 19.1. The summed E-state index contributed by atoms with van der Waals surface area (Å²) in [7, 11) is 0. The molecule has 0 bridgehead atoms. The highest BCUT2D eigenvalue weighted by Crippen LogP contribution is 2.23. The van der Waals surface area contributed by atoms with Crippen LogP contribution in [0.4, 0.5) is 10.1 Å². The van der Waals surface area contributed by atoms with Gasteiger partial charge in [0, 0.05) is 17.4 Å². The molecule has 0 atom stereocenters. The van der Waals surface area contributed by atoms with E-state index in [1.165, 1.54) is 18.2 Å². The summed E-state index contributed by atoms with van der Waals surface area (Å²) in [5.41, 5.74) is 7.90.